The minimum absolute atomic E-state index is 0.0100. The number of imide groups is 1. The van der Waals surface area contributed by atoms with Gasteiger partial charge in [-0.3, -0.25) is 14.6 Å². The molecule has 0 aliphatic carbocycles. The summed E-state index contributed by atoms with van der Waals surface area (Å²) in [5.41, 5.74) is 0.999. The third-order valence-electron chi connectivity index (χ3n) is 5.35. The monoisotopic (exact) mass is 452 g/mol. The molecular formula is C20H13ClN6O5. The lowest BCUT2D eigenvalue weighted by Gasteiger charge is -2.19. The van der Waals surface area contributed by atoms with Crippen LogP contribution in [0.5, 0.6) is 11.5 Å². The second-order valence-corrected chi connectivity index (χ2v) is 7.64. The van der Waals surface area contributed by atoms with Crippen LogP contribution < -0.4 is 14.4 Å². The van der Waals surface area contributed by atoms with E-state index in [9.17, 15) is 9.59 Å². The van der Waals surface area contributed by atoms with E-state index in [1.807, 2.05) is 6.07 Å². The fourth-order valence-electron chi connectivity index (χ4n) is 3.84. The Balaban J connectivity index is 1.24. The van der Waals surface area contributed by atoms with Crippen LogP contribution in [-0.2, 0) is 16.1 Å². The van der Waals surface area contributed by atoms with Crippen LogP contribution >= 0.6 is 11.6 Å². The molecule has 0 saturated carbocycles. The Morgan fingerprint density at radius 2 is 1.91 bits per heavy atom. The molecule has 1 saturated heterocycles. The molecule has 2 aromatic carbocycles. The fraction of sp³-hybridized carbons (Fsp3) is 0.200. The first-order chi connectivity index (χ1) is 15.6. The van der Waals surface area contributed by atoms with Gasteiger partial charge in [-0.1, -0.05) is 34.1 Å². The van der Waals surface area contributed by atoms with Gasteiger partial charge in [-0.15, -0.1) is 0 Å². The molecule has 2 amide bonds. The van der Waals surface area contributed by atoms with Crippen molar-refractivity contribution in [3.8, 4) is 22.9 Å². The topological polar surface area (TPSA) is 123 Å². The number of hydrogen-bond acceptors (Lipinski definition) is 10. The standard InChI is InChI=1S/C20H13ClN6O5/c21-12-4-2-1-3-11(12)18-22-15(32-24-18)8-26-17-16(23-25-26)19(28)27(20(17)29)10-5-6-13-14(7-10)31-9-30-13/h1-7,16-17H,8-9H2/t16-,17-/m0/s1. The van der Waals surface area contributed by atoms with E-state index in [1.165, 1.54) is 5.01 Å². The Kier molecular flexibility index (Phi) is 4.12. The highest BCUT2D eigenvalue weighted by molar-refractivity contribution is 6.33. The molecule has 3 aromatic rings. The summed E-state index contributed by atoms with van der Waals surface area (Å²) in [6, 6.07) is 10.1. The SMILES string of the molecule is O=C1[C@H]2N=NN(Cc3nc(-c4ccccc4Cl)no3)[C@@H]2C(=O)N1c1ccc2c(c1)OCO2. The maximum atomic E-state index is 13.2. The second kappa shape index (κ2) is 7.02. The Labute approximate surface area is 185 Å². The largest absolute Gasteiger partial charge is 0.454 e. The van der Waals surface area contributed by atoms with E-state index < -0.39 is 23.9 Å². The number of aromatic nitrogens is 2. The quantitative estimate of drug-likeness (QED) is 0.553. The molecule has 1 fully saturated rings. The molecule has 1 aromatic heterocycles. The van der Waals surface area contributed by atoms with Gasteiger partial charge in [-0.2, -0.15) is 10.1 Å². The van der Waals surface area contributed by atoms with Crippen molar-refractivity contribution < 1.29 is 23.6 Å². The number of fused-ring (bicyclic) bond motifs is 2. The van der Waals surface area contributed by atoms with Gasteiger partial charge in [0.25, 0.3) is 11.8 Å². The number of carbonyl (C=O) groups is 2. The molecule has 32 heavy (non-hydrogen) atoms. The van der Waals surface area contributed by atoms with E-state index in [0.717, 1.165) is 4.90 Å². The van der Waals surface area contributed by atoms with Crippen molar-refractivity contribution in [3.05, 3.63) is 53.4 Å². The zero-order chi connectivity index (χ0) is 21.8. The van der Waals surface area contributed by atoms with Crippen LogP contribution in [0.2, 0.25) is 5.02 Å². The lowest BCUT2D eigenvalue weighted by Crippen LogP contribution is -2.39. The van der Waals surface area contributed by atoms with Gasteiger partial charge in [0.1, 0.15) is 6.54 Å². The van der Waals surface area contributed by atoms with E-state index in [-0.39, 0.29) is 19.2 Å². The second-order valence-electron chi connectivity index (χ2n) is 7.23. The lowest BCUT2D eigenvalue weighted by molar-refractivity contribution is -0.123. The molecule has 3 aliphatic rings. The van der Waals surface area contributed by atoms with Crippen molar-refractivity contribution in [2.75, 3.05) is 11.7 Å². The number of amides is 2. The zero-order valence-electron chi connectivity index (χ0n) is 16.2. The third kappa shape index (κ3) is 2.82. The molecule has 6 rings (SSSR count). The highest BCUT2D eigenvalue weighted by atomic mass is 35.5. The van der Waals surface area contributed by atoms with Crippen molar-refractivity contribution in [1.29, 1.82) is 0 Å². The summed E-state index contributed by atoms with van der Waals surface area (Å²) in [6.07, 6.45) is 0. The third-order valence-corrected chi connectivity index (χ3v) is 5.68. The van der Waals surface area contributed by atoms with Gasteiger partial charge in [0.05, 0.1) is 10.7 Å². The van der Waals surface area contributed by atoms with E-state index in [0.29, 0.717) is 33.6 Å². The number of anilines is 1. The molecule has 12 heteroatoms. The van der Waals surface area contributed by atoms with Gasteiger partial charge < -0.3 is 14.0 Å². The summed E-state index contributed by atoms with van der Waals surface area (Å²) >= 11 is 6.19. The Morgan fingerprint density at radius 1 is 1.06 bits per heavy atom. The van der Waals surface area contributed by atoms with E-state index >= 15 is 0 Å². The molecule has 2 atom stereocenters. The maximum Gasteiger partial charge on any atom is 0.263 e. The molecule has 0 spiro atoms. The van der Waals surface area contributed by atoms with Crippen LogP contribution in [0, 0.1) is 0 Å². The zero-order valence-corrected chi connectivity index (χ0v) is 17.0. The predicted molar refractivity (Wildman–Crippen MR) is 108 cm³/mol. The maximum absolute atomic E-state index is 13.2. The number of halogens is 1. The molecule has 0 unspecified atom stereocenters. The van der Waals surface area contributed by atoms with E-state index in [1.54, 1.807) is 36.4 Å². The minimum atomic E-state index is -0.945. The highest BCUT2D eigenvalue weighted by Crippen LogP contribution is 2.39. The van der Waals surface area contributed by atoms with Crippen molar-refractivity contribution in [1.82, 2.24) is 15.1 Å². The van der Waals surface area contributed by atoms with Crippen LogP contribution in [0.25, 0.3) is 11.4 Å². The number of rotatable bonds is 4. The first-order valence-electron chi connectivity index (χ1n) is 9.62. The van der Waals surface area contributed by atoms with Crippen molar-refractivity contribution in [2.45, 2.75) is 18.6 Å². The molecule has 0 N–H and O–H groups in total. The fourth-order valence-corrected chi connectivity index (χ4v) is 4.06. The first kappa shape index (κ1) is 18.8. The summed E-state index contributed by atoms with van der Waals surface area (Å²) in [4.78, 5) is 31.5. The van der Waals surface area contributed by atoms with Crippen LogP contribution in [0.1, 0.15) is 5.89 Å². The van der Waals surface area contributed by atoms with Gasteiger partial charge in [0, 0.05) is 11.6 Å². The number of benzene rings is 2. The van der Waals surface area contributed by atoms with E-state index in [4.69, 9.17) is 25.6 Å². The average Bonchev–Trinajstić information content (AvgIpc) is 3.56. The summed E-state index contributed by atoms with van der Waals surface area (Å²) < 4.78 is 15.9. The van der Waals surface area contributed by atoms with Crippen LogP contribution in [0.15, 0.2) is 57.3 Å². The Hall–Kier alpha value is -3.99. The number of carbonyl (C=O) groups excluding carboxylic acids is 2. The number of ether oxygens (including phenoxy) is 2. The molecule has 0 radical (unpaired) electrons. The lowest BCUT2D eigenvalue weighted by atomic mass is 10.1. The predicted octanol–water partition coefficient (Wildman–Crippen LogP) is 2.61. The smallest absolute Gasteiger partial charge is 0.263 e. The minimum Gasteiger partial charge on any atom is -0.454 e. The number of nitrogens with zero attached hydrogens (tertiary/aromatic N) is 6. The highest BCUT2D eigenvalue weighted by Gasteiger charge is 2.55. The molecule has 0 bridgehead atoms. The van der Waals surface area contributed by atoms with Crippen LogP contribution in [-0.4, -0.2) is 45.8 Å². The van der Waals surface area contributed by atoms with Gasteiger partial charge in [0.15, 0.2) is 23.6 Å². The first-order valence-corrected chi connectivity index (χ1v) is 10.0. The normalized spacial score (nSPS) is 21.0. The molecule has 3 aliphatic heterocycles. The van der Waals surface area contributed by atoms with Crippen LogP contribution in [0.3, 0.4) is 0 Å². The molecule has 160 valence electrons. The summed E-state index contributed by atoms with van der Waals surface area (Å²) in [6.45, 7) is 0.102. The van der Waals surface area contributed by atoms with Crippen molar-refractivity contribution >= 4 is 29.1 Å². The summed E-state index contributed by atoms with van der Waals surface area (Å²) in [7, 11) is 0. The van der Waals surface area contributed by atoms with Gasteiger partial charge in [-0.25, -0.2) is 4.90 Å². The summed E-state index contributed by atoms with van der Waals surface area (Å²) in [5.74, 6) is 0.633. The van der Waals surface area contributed by atoms with E-state index in [2.05, 4.69) is 20.5 Å². The summed E-state index contributed by atoms with van der Waals surface area (Å²) in [5, 5.41) is 13.8. The van der Waals surface area contributed by atoms with Gasteiger partial charge in [-0.05, 0) is 24.3 Å². The molecular weight excluding hydrogens is 440 g/mol. The molecule has 4 heterocycles. The van der Waals surface area contributed by atoms with Crippen molar-refractivity contribution in [2.24, 2.45) is 10.3 Å². The Bertz CT molecular complexity index is 1290. The Morgan fingerprint density at radius 3 is 2.78 bits per heavy atom. The number of hydrogen-bond donors (Lipinski definition) is 0. The average molecular weight is 453 g/mol. The van der Waals surface area contributed by atoms with Crippen LogP contribution in [0.4, 0.5) is 5.69 Å². The van der Waals surface area contributed by atoms with Gasteiger partial charge >= 0.3 is 0 Å². The molecule has 11 nitrogen and oxygen atoms in total. The van der Waals surface area contributed by atoms with Crippen molar-refractivity contribution in [3.63, 3.8) is 0 Å². The van der Waals surface area contributed by atoms with Gasteiger partial charge in [0.2, 0.25) is 18.5 Å².